The van der Waals surface area contributed by atoms with Crippen molar-refractivity contribution in [1.29, 1.82) is 0 Å². The maximum atomic E-state index is 2.81. The number of hydrogen-bond donors (Lipinski definition) is 0. The molecule has 0 aliphatic heterocycles. The SMILES string of the molecule is CC(P)C(C)(C)P. The van der Waals surface area contributed by atoms with Crippen LogP contribution in [0.25, 0.3) is 0 Å². The minimum absolute atomic E-state index is 0.380. The van der Waals surface area contributed by atoms with E-state index in [9.17, 15) is 0 Å². The van der Waals surface area contributed by atoms with Gasteiger partial charge < -0.3 is 0 Å². The van der Waals surface area contributed by atoms with Gasteiger partial charge in [0.25, 0.3) is 0 Å². The second kappa shape index (κ2) is 2.42. The predicted octanol–water partition coefficient (Wildman–Crippen LogP) is 1.90. The standard InChI is InChI=1S/C5H14P2/c1-4(6)5(2,3)7/h4H,6-7H2,1-3H3. The van der Waals surface area contributed by atoms with Crippen LogP contribution in [0.3, 0.4) is 0 Å². The third kappa shape index (κ3) is 3.44. The van der Waals surface area contributed by atoms with Crippen molar-refractivity contribution >= 4 is 18.5 Å². The molecule has 0 bridgehead atoms. The highest BCUT2D eigenvalue weighted by atomic mass is 31.0. The third-order valence-electron chi connectivity index (χ3n) is 1.17. The molecule has 0 aliphatic carbocycles. The van der Waals surface area contributed by atoms with E-state index in [0.29, 0.717) is 10.8 Å². The van der Waals surface area contributed by atoms with Gasteiger partial charge in [-0.3, -0.25) is 0 Å². The summed E-state index contributed by atoms with van der Waals surface area (Å²) in [5.41, 5.74) is 0.678. The average Bonchev–Trinajstić information content (AvgIpc) is 1.31. The Morgan fingerprint density at radius 3 is 1.57 bits per heavy atom. The molecule has 2 heteroatoms. The fourth-order valence-corrected chi connectivity index (χ4v) is 0. The molecule has 0 aromatic heterocycles. The van der Waals surface area contributed by atoms with Crippen LogP contribution >= 0.6 is 18.5 Å². The van der Waals surface area contributed by atoms with E-state index in [2.05, 4.69) is 39.3 Å². The first-order valence-corrected chi connectivity index (χ1v) is 3.73. The van der Waals surface area contributed by atoms with Gasteiger partial charge in [-0.25, -0.2) is 0 Å². The summed E-state index contributed by atoms with van der Waals surface area (Å²) < 4.78 is 0. The molecule has 7 heavy (non-hydrogen) atoms. The summed E-state index contributed by atoms with van der Waals surface area (Å²) in [7, 11) is 5.59. The first kappa shape index (κ1) is 7.86. The van der Waals surface area contributed by atoms with Gasteiger partial charge in [0.15, 0.2) is 0 Å². The molecule has 0 radical (unpaired) electrons. The Balaban J connectivity index is 3.54. The predicted molar refractivity (Wildman–Crippen MR) is 43.0 cm³/mol. The van der Waals surface area contributed by atoms with Crippen molar-refractivity contribution in [3.8, 4) is 0 Å². The van der Waals surface area contributed by atoms with Gasteiger partial charge in [-0.05, 0) is 10.8 Å². The molecule has 0 saturated heterocycles. The first-order valence-electron chi connectivity index (χ1n) is 2.49. The van der Waals surface area contributed by atoms with E-state index in [4.69, 9.17) is 0 Å². The topological polar surface area (TPSA) is 0 Å². The van der Waals surface area contributed by atoms with Crippen LogP contribution < -0.4 is 0 Å². The monoisotopic (exact) mass is 136 g/mol. The second-order valence-electron chi connectivity index (χ2n) is 2.61. The fraction of sp³-hybridized carbons (Fsp3) is 1.00. The molecule has 44 valence electrons. The van der Waals surface area contributed by atoms with Crippen molar-refractivity contribution in [3.63, 3.8) is 0 Å². The Bertz CT molecular complexity index is 51.6. The highest BCUT2D eigenvalue weighted by Crippen LogP contribution is 2.26. The molecule has 0 nitrogen and oxygen atoms in total. The van der Waals surface area contributed by atoms with Gasteiger partial charge in [-0.2, -0.15) is 0 Å². The normalized spacial score (nSPS) is 16.7. The van der Waals surface area contributed by atoms with Crippen molar-refractivity contribution in [3.05, 3.63) is 0 Å². The smallest absolute Gasteiger partial charge is 0.0147 e. The lowest BCUT2D eigenvalue weighted by molar-refractivity contribution is 0.701. The summed E-state index contributed by atoms with van der Waals surface area (Å²) >= 11 is 0. The van der Waals surface area contributed by atoms with Crippen LogP contribution in [0.2, 0.25) is 0 Å². The van der Waals surface area contributed by atoms with Crippen molar-refractivity contribution in [2.24, 2.45) is 0 Å². The minimum Gasteiger partial charge on any atom is -0.134 e. The molecule has 0 rings (SSSR count). The Morgan fingerprint density at radius 1 is 1.43 bits per heavy atom. The van der Waals surface area contributed by atoms with Gasteiger partial charge in [-0.15, -0.1) is 18.5 Å². The lowest BCUT2D eigenvalue weighted by atomic mass is 10.1. The molecule has 0 N–H and O–H groups in total. The van der Waals surface area contributed by atoms with Crippen LogP contribution in [0.4, 0.5) is 0 Å². The lowest BCUT2D eigenvalue weighted by Gasteiger charge is -2.22. The quantitative estimate of drug-likeness (QED) is 0.483. The molecule has 0 fully saturated rings. The van der Waals surface area contributed by atoms with E-state index < -0.39 is 0 Å². The Kier molecular flexibility index (Phi) is 2.72. The first-order chi connectivity index (χ1) is 2.94. The molecule has 0 aromatic carbocycles. The zero-order chi connectivity index (χ0) is 6.08. The van der Waals surface area contributed by atoms with Crippen molar-refractivity contribution in [2.75, 3.05) is 0 Å². The summed E-state index contributed by atoms with van der Waals surface area (Å²) in [6.07, 6.45) is 0. The van der Waals surface area contributed by atoms with Crippen LogP contribution in [0.15, 0.2) is 0 Å². The molecule has 0 saturated carbocycles. The molecular formula is C5H14P2. The summed E-state index contributed by atoms with van der Waals surface area (Å²) in [5.74, 6) is 0. The Morgan fingerprint density at radius 2 is 1.57 bits per heavy atom. The van der Waals surface area contributed by atoms with Crippen LogP contribution in [0.5, 0.6) is 0 Å². The van der Waals surface area contributed by atoms with Crippen LogP contribution in [-0.2, 0) is 0 Å². The summed E-state index contributed by atoms with van der Waals surface area (Å²) in [6, 6.07) is 0. The molecular weight excluding hydrogens is 122 g/mol. The summed E-state index contributed by atoms with van der Waals surface area (Å²) in [4.78, 5) is 0. The Hall–Kier alpha value is 0.860. The molecule has 0 spiro atoms. The van der Waals surface area contributed by atoms with E-state index >= 15 is 0 Å². The third-order valence-corrected chi connectivity index (χ3v) is 2.94. The van der Waals surface area contributed by atoms with Gasteiger partial charge in [-0.1, -0.05) is 20.8 Å². The van der Waals surface area contributed by atoms with Gasteiger partial charge in [0.1, 0.15) is 0 Å². The maximum absolute atomic E-state index is 2.81. The number of rotatable bonds is 1. The molecule has 0 heterocycles. The highest BCUT2D eigenvalue weighted by Gasteiger charge is 2.14. The van der Waals surface area contributed by atoms with Crippen molar-refractivity contribution in [2.45, 2.75) is 31.6 Å². The molecule has 0 aliphatic rings. The van der Waals surface area contributed by atoms with Crippen LogP contribution in [0.1, 0.15) is 20.8 Å². The largest absolute Gasteiger partial charge is 0.134 e. The van der Waals surface area contributed by atoms with Crippen molar-refractivity contribution in [1.82, 2.24) is 0 Å². The van der Waals surface area contributed by atoms with Crippen molar-refractivity contribution < 1.29 is 0 Å². The van der Waals surface area contributed by atoms with E-state index in [1.54, 1.807) is 0 Å². The Labute approximate surface area is 50.9 Å². The van der Waals surface area contributed by atoms with Gasteiger partial charge in [0.05, 0.1) is 0 Å². The van der Waals surface area contributed by atoms with E-state index in [0.717, 1.165) is 0 Å². The van der Waals surface area contributed by atoms with E-state index in [-0.39, 0.29) is 0 Å². The second-order valence-corrected chi connectivity index (χ2v) is 5.10. The van der Waals surface area contributed by atoms with E-state index in [1.165, 1.54) is 0 Å². The van der Waals surface area contributed by atoms with Gasteiger partial charge in [0, 0.05) is 0 Å². The average molecular weight is 136 g/mol. The fourth-order valence-electron chi connectivity index (χ4n) is 0. The van der Waals surface area contributed by atoms with Crippen LogP contribution in [0, 0.1) is 0 Å². The van der Waals surface area contributed by atoms with Crippen LogP contribution in [-0.4, -0.2) is 10.8 Å². The highest BCUT2D eigenvalue weighted by molar-refractivity contribution is 7.24. The summed E-state index contributed by atoms with van der Waals surface area (Å²) in [5, 5.41) is 0.380. The lowest BCUT2D eigenvalue weighted by Crippen LogP contribution is -2.19. The minimum atomic E-state index is 0.380. The molecule has 0 aromatic rings. The van der Waals surface area contributed by atoms with Gasteiger partial charge in [0.2, 0.25) is 0 Å². The molecule has 3 atom stereocenters. The number of hydrogen-bond acceptors (Lipinski definition) is 0. The maximum Gasteiger partial charge on any atom is -0.0147 e. The molecule has 3 unspecified atom stereocenters. The molecule has 0 amide bonds. The summed E-state index contributed by atoms with van der Waals surface area (Å²) in [6.45, 7) is 6.60. The zero-order valence-electron chi connectivity index (χ0n) is 5.23. The van der Waals surface area contributed by atoms with Gasteiger partial charge >= 0.3 is 0 Å². The van der Waals surface area contributed by atoms with E-state index in [1.807, 2.05) is 0 Å². The zero-order valence-corrected chi connectivity index (χ0v) is 7.54.